The van der Waals surface area contributed by atoms with E-state index in [2.05, 4.69) is 0 Å². The average Bonchev–Trinajstić information content (AvgIpc) is 2.77. The third-order valence-corrected chi connectivity index (χ3v) is 17.8. The zero-order chi connectivity index (χ0) is 23.1. The number of hydrogen-bond acceptors (Lipinski definition) is 7. The first kappa shape index (κ1) is 24.8. The Hall–Kier alpha value is -0.480. The molecule has 2 bridgehead atoms. The van der Waals surface area contributed by atoms with Crippen LogP contribution in [0.25, 0.3) is 0 Å². The van der Waals surface area contributed by atoms with Crippen molar-refractivity contribution in [3.63, 3.8) is 0 Å². The van der Waals surface area contributed by atoms with E-state index >= 15 is 0 Å². The van der Waals surface area contributed by atoms with E-state index in [1.165, 1.54) is 41.5 Å². The monoisotopic (exact) mass is 470 g/mol. The summed E-state index contributed by atoms with van der Waals surface area (Å²) < 4.78 is 74.4. The minimum absolute atomic E-state index is 0.0297. The van der Waals surface area contributed by atoms with Crippen LogP contribution in [0.15, 0.2) is 0 Å². The average molecular weight is 471 g/mol. The lowest BCUT2D eigenvalue weighted by molar-refractivity contribution is -0.128. The van der Waals surface area contributed by atoms with E-state index in [1.807, 2.05) is 13.8 Å². The van der Waals surface area contributed by atoms with Crippen LogP contribution in [-0.2, 0) is 34.3 Å². The summed E-state index contributed by atoms with van der Waals surface area (Å²) in [5.74, 6) is -0.929. The number of carbonyl (C=O) groups excluding carboxylic acids is 1. The standard InChI is InChI=1S/C19H34O7S3/c1-16(2,3)28(23,24)15(29(25,26)17(4,5)6)27(21,22)12-19-10-9-13(11-14(19)20)18(19,7)8/h13,15H,9-12H2,1-8H3. The van der Waals surface area contributed by atoms with Crippen LogP contribution in [0.5, 0.6) is 0 Å². The summed E-state index contributed by atoms with van der Waals surface area (Å²) in [5.41, 5.74) is -1.87. The van der Waals surface area contributed by atoms with Crippen LogP contribution in [0, 0.1) is 16.7 Å². The van der Waals surface area contributed by atoms with Gasteiger partial charge in [-0.1, -0.05) is 13.8 Å². The van der Waals surface area contributed by atoms with Gasteiger partial charge in [0.25, 0.3) is 3.91 Å². The van der Waals surface area contributed by atoms with E-state index in [0.717, 1.165) is 0 Å². The molecule has 0 radical (unpaired) electrons. The summed E-state index contributed by atoms with van der Waals surface area (Å²) in [7, 11) is -14.0. The summed E-state index contributed by atoms with van der Waals surface area (Å²) in [5, 5.41) is 0. The van der Waals surface area contributed by atoms with Crippen LogP contribution in [0.4, 0.5) is 0 Å². The quantitative estimate of drug-likeness (QED) is 0.605. The molecule has 170 valence electrons. The SMILES string of the molecule is CC1(C)C2CCC1(CS(=O)(=O)C(S(=O)(=O)C(C)(C)C)S(=O)(=O)C(C)(C)C)C(=O)C2. The first-order valence-corrected chi connectivity index (χ1v) is 14.6. The molecule has 10 heteroatoms. The molecular weight excluding hydrogens is 436 g/mol. The third-order valence-electron chi connectivity index (χ3n) is 7.09. The normalized spacial score (nSPS) is 28.3. The number of sulfone groups is 3. The van der Waals surface area contributed by atoms with Crippen LogP contribution in [0.2, 0.25) is 0 Å². The molecule has 29 heavy (non-hydrogen) atoms. The van der Waals surface area contributed by atoms with Crippen molar-refractivity contribution in [1.82, 2.24) is 0 Å². The Bertz CT molecular complexity index is 976. The van der Waals surface area contributed by atoms with Crippen molar-refractivity contribution in [2.24, 2.45) is 16.7 Å². The molecule has 2 aliphatic rings. The van der Waals surface area contributed by atoms with Crippen LogP contribution in [0.3, 0.4) is 0 Å². The lowest BCUT2D eigenvalue weighted by atomic mass is 9.70. The Balaban J connectivity index is 2.74. The zero-order valence-corrected chi connectivity index (χ0v) is 21.0. The van der Waals surface area contributed by atoms with Crippen molar-refractivity contribution in [2.75, 3.05) is 5.75 Å². The summed E-state index contributed by atoms with van der Waals surface area (Å²) in [6.45, 7) is 11.4. The van der Waals surface area contributed by atoms with E-state index in [0.29, 0.717) is 12.8 Å². The molecule has 2 rings (SSSR count). The highest BCUT2D eigenvalue weighted by Crippen LogP contribution is 2.64. The minimum atomic E-state index is -4.73. The second-order valence-electron chi connectivity index (χ2n) is 11.1. The molecule has 0 saturated heterocycles. The number of rotatable bonds is 5. The van der Waals surface area contributed by atoms with Gasteiger partial charge in [0.05, 0.1) is 15.2 Å². The fourth-order valence-electron chi connectivity index (χ4n) is 4.65. The first-order chi connectivity index (χ1) is 12.6. The number of Topliss-reactive ketones (excluding diaryl/α,β-unsaturated/α-hetero) is 1. The van der Waals surface area contributed by atoms with E-state index in [1.54, 1.807) is 0 Å². The molecular formula is C19H34O7S3. The topological polar surface area (TPSA) is 119 Å². The van der Waals surface area contributed by atoms with Crippen molar-refractivity contribution in [1.29, 1.82) is 0 Å². The summed E-state index contributed by atoms with van der Waals surface area (Å²) in [6.07, 6.45) is 1.27. The Morgan fingerprint density at radius 3 is 1.59 bits per heavy atom. The molecule has 0 aromatic heterocycles. The van der Waals surface area contributed by atoms with Crippen molar-refractivity contribution in [3.8, 4) is 0 Å². The minimum Gasteiger partial charge on any atom is -0.299 e. The second-order valence-corrected chi connectivity index (χ2v) is 19.6. The number of carbonyl (C=O) groups is 1. The maximum atomic E-state index is 13.6. The molecule has 0 aliphatic heterocycles. The Morgan fingerprint density at radius 1 is 0.897 bits per heavy atom. The van der Waals surface area contributed by atoms with Gasteiger partial charge in [-0.15, -0.1) is 0 Å². The number of hydrogen-bond donors (Lipinski definition) is 0. The van der Waals surface area contributed by atoms with Gasteiger partial charge >= 0.3 is 0 Å². The van der Waals surface area contributed by atoms with Gasteiger partial charge in [-0.2, -0.15) is 0 Å². The maximum Gasteiger partial charge on any atom is 0.263 e. The van der Waals surface area contributed by atoms with E-state index in [9.17, 15) is 30.0 Å². The van der Waals surface area contributed by atoms with Gasteiger partial charge in [0.15, 0.2) is 29.5 Å². The molecule has 0 heterocycles. The molecule has 0 aromatic carbocycles. The van der Waals surface area contributed by atoms with Crippen LogP contribution >= 0.6 is 0 Å². The molecule has 2 atom stereocenters. The summed E-state index contributed by atoms with van der Waals surface area (Å²) in [6, 6.07) is 0. The Morgan fingerprint density at radius 2 is 1.31 bits per heavy atom. The number of ketones is 1. The van der Waals surface area contributed by atoms with Gasteiger partial charge < -0.3 is 0 Å². The van der Waals surface area contributed by atoms with Crippen LogP contribution in [-0.4, -0.2) is 50.2 Å². The largest absolute Gasteiger partial charge is 0.299 e. The molecule has 7 nitrogen and oxygen atoms in total. The molecule has 2 saturated carbocycles. The van der Waals surface area contributed by atoms with Gasteiger partial charge in [-0.25, -0.2) is 25.3 Å². The molecule has 0 amide bonds. The third kappa shape index (κ3) is 3.41. The van der Waals surface area contributed by atoms with E-state index < -0.39 is 59.5 Å². The van der Waals surface area contributed by atoms with Gasteiger partial charge in [0.1, 0.15) is 5.78 Å². The van der Waals surface area contributed by atoms with Crippen LogP contribution in [0.1, 0.15) is 74.7 Å². The molecule has 0 aromatic rings. The molecule has 2 aliphatic carbocycles. The van der Waals surface area contributed by atoms with E-state index in [-0.39, 0.29) is 18.1 Å². The van der Waals surface area contributed by atoms with E-state index in [4.69, 9.17) is 0 Å². The van der Waals surface area contributed by atoms with Crippen molar-refractivity contribution >= 4 is 35.3 Å². The number of fused-ring (bicyclic) bond motifs is 2. The highest BCUT2D eigenvalue weighted by molar-refractivity contribution is 8.24. The molecule has 2 unspecified atom stereocenters. The Labute approximate surface area is 175 Å². The van der Waals surface area contributed by atoms with Gasteiger partial charge in [-0.05, 0) is 65.7 Å². The predicted molar refractivity (Wildman–Crippen MR) is 113 cm³/mol. The van der Waals surface area contributed by atoms with Crippen molar-refractivity contribution in [3.05, 3.63) is 0 Å². The van der Waals surface area contributed by atoms with Gasteiger partial charge in [-0.3, -0.25) is 4.79 Å². The maximum absolute atomic E-state index is 13.6. The fourth-order valence-corrected chi connectivity index (χ4v) is 15.6. The predicted octanol–water partition coefficient (Wildman–Crippen LogP) is 2.51. The summed E-state index contributed by atoms with van der Waals surface area (Å²) in [4.78, 5) is 12.8. The highest BCUT2D eigenvalue weighted by atomic mass is 32.3. The van der Waals surface area contributed by atoms with Crippen molar-refractivity contribution < 1.29 is 30.0 Å². The first-order valence-electron chi connectivity index (χ1n) is 9.77. The second kappa shape index (κ2) is 6.51. The van der Waals surface area contributed by atoms with Crippen LogP contribution < -0.4 is 0 Å². The highest BCUT2D eigenvalue weighted by Gasteiger charge is 2.67. The lowest BCUT2D eigenvalue weighted by Gasteiger charge is -2.38. The lowest BCUT2D eigenvalue weighted by Crippen LogP contribution is -2.54. The molecule has 0 N–H and O–H groups in total. The summed E-state index contributed by atoms with van der Waals surface area (Å²) >= 11 is 0. The Kier molecular flexibility index (Phi) is 5.57. The fraction of sp³-hybridized carbons (Fsp3) is 0.947. The smallest absolute Gasteiger partial charge is 0.263 e. The van der Waals surface area contributed by atoms with Gasteiger partial charge in [0.2, 0.25) is 0 Å². The molecule has 0 spiro atoms. The molecule has 2 fully saturated rings. The van der Waals surface area contributed by atoms with Gasteiger partial charge in [0, 0.05) is 11.8 Å². The van der Waals surface area contributed by atoms with Crippen molar-refractivity contribution in [2.45, 2.75) is 88.1 Å². The zero-order valence-electron chi connectivity index (χ0n) is 18.6.